The Morgan fingerprint density at radius 1 is 1.18 bits per heavy atom. The van der Waals surface area contributed by atoms with Crippen LogP contribution in [-0.2, 0) is 20.7 Å². The lowest BCUT2D eigenvalue weighted by Gasteiger charge is -2.15. The van der Waals surface area contributed by atoms with E-state index in [1.165, 1.54) is 11.6 Å². The molecule has 13 heteroatoms. The van der Waals surface area contributed by atoms with Crippen LogP contribution in [0.1, 0.15) is 11.6 Å². The van der Waals surface area contributed by atoms with Crippen LogP contribution < -0.4 is 10.6 Å². The number of urea groups is 1. The highest BCUT2D eigenvalue weighted by Gasteiger charge is 2.28. The number of imide groups is 1. The van der Waals surface area contributed by atoms with Gasteiger partial charge in [-0.2, -0.15) is 13.2 Å². The van der Waals surface area contributed by atoms with Crippen molar-refractivity contribution in [3.05, 3.63) is 42.2 Å². The van der Waals surface area contributed by atoms with Crippen molar-refractivity contribution in [1.29, 1.82) is 0 Å². The highest BCUT2D eigenvalue weighted by Crippen LogP contribution is 2.15. The van der Waals surface area contributed by atoms with Crippen molar-refractivity contribution in [2.45, 2.75) is 18.6 Å². The van der Waals surface area contributed by atoms with Gasteiger partial charge in [-0.25, -0.2) is 14.3 Å². The predicted octanol–water partition coefficient (Wildman–Crippen LogP) is 0.388. The highest BCUT2D eigenvalue weighted by atomic mass is 19.4. The smallest absolute Gasteiger partial charge is 0.405 e. The number of aromatic nitrogens is 4. The molecule has 0 radical (unpaired) electrons. The molecule has 1 heterocycles. The number of carbonyl (C=O) groups is 3. The van der Waals surface area contributed by atoms with E-state index in [0.717, 1.165) is 10.2 Å². The van der Waals surface area contributed by atoms with Crippen molar-refractivity contribution in [2.75, 3.05) is 13.2 Å². The van der Waals surface area contributed by atoms with Crippen LogP contribution in [-0.4, -0.2) is 57.4 Å². The lowest BCUT2D eigenvalue weighted by molar-refractivity contribution is -0.152. The molecular formula is C15H15F3N6O4. The van der Waals surface area contributed by atoms with E-state index in [4.69, 9.17) is 4.74 Å². The van der Waals surface area contributed by atoms with Gasteiger partial charge in [0.2, 0.25) is 0 Å². The van der Waals surface area contributed by atoms with Crippen molar-refractivity contribution in [2.24, 2.45) is 0 Å². The Bertz CT molecular complexity index is 798. The zero-order valence-electron chi connectivity index (χ0n) is 14.2. The number of esters is 1. The van der Waals surface area contributed by atoms with Gasteiger partial charge in [-0.1, -0.05) is 30.3 Å². The quantitative estimate of drug-likeness (QED) is 0.644. The second-order valence-corrected chi connectivity index (χ2v) is 5.45. The summed E-state index contributed by atoms with van der Waals surface area (Å²) < 4.78 is 42.0. The fraction of sp³-hybridized carbons (Fsp3) is 0.333. The second kappa shape index (κ2) is 9.43. The number of carbonyl (C=O) groups excluding carboxylic acids is 3. The van der Waals surface area contributed by atoms with Crippen LogP contribution in [0.3, 0.4) is 0 Å². The Balaban J connectivity index is 1.89. The SMILES string of the molecule is O=C(COC(=O)[C@H](Cc1ccccc1)n1cnnn1)NC(=O)NCC(F)(F)F. The Morgan fingerprint density at radius 2 is 1.89 bits per heavy atom. The summed E-state index contributed by atoms with van der Waals surface area (Å²) in [6.45, 7) is -2.48. The lowest BCUT2D eigenvalue weighted by Crippen LogP contribution is -2.44. The van der Waals surface area contributed by atoms with Gasteiger partial charge < -0.3 is 10.1 Å². The zero-order chi connectivity index (χ0) is 20.6. The van der Waals surface area contributed by atoms with Gasteiger partial charge >= 0.3 is 18.2 Å². The molecule has 0 unspecified atom stereocenters. The van der Waals surface area contributed by atoms with E-state index in [9.17, 15) is 27.6 Å². The molecule has 0 bridgehead atoms. The first kappa shape index (κ1) is 20.8. The summed E-state index contributed by atoms with van der Waals surface area (Å²) in [7, 11) is 0. The number of benzene rings is 1. The fourth-order valence-corrected chi connectivity index (χ4v) is 2.05. The molecule has 10 nitrogen and oxygen atoms in total. The fourth-order valence-electron chi connectivity index (χ4n) is 2.05. The molecule has 28 heavy (non-hydrogen) atoms. The topological polar surface area (TPSA) is 128 Å². The van der Waals surface area contributed by atoms with E-state index in [1.54, 1.807) is 35.6 Å². The summed E-state index contributed by atoms with van der Waals surface area (Å²) >= 11 is 0. The monoisotopic (exact) mass is 400 g/mol. The molecule has 3 amide bonds. The van der Waals surface area contributed by atoms with Crippen LogP contribution in [0.4, 0.5) is 18.0 Å². The number of tetrazole rings is 1. The van der Waals surface area contributed by atoms with E-state index in [1.807, 2.05) is 0 Å². The van der Waals surface area contributed by atoms with Gasteiger partial charge in [0.25, 0.3) is 5.91 Å². The van der Waals surface area contributed by atoms with Gasteiger partial charge in [0.15, 0.2) is 12.6 Å². The van der Waals surface area contributed by atoms with Crippen molar-refractivity contribution in [1.82, 2.24) is 30.8 Å². The average molecular weight is 400 g/mol. The maximum Gasteiger partial charge on any atom is 0.405 e. The van der Waals surface area contributed by atoms with Crippen molar-refractivity contribution < 1.29 is 32.3 Å². The van der Waals surface area contributed by atoms with Crippen molar-refractivity contribution >= 4 is 17.9 Å². The molecule has 2 rings (SSSR count). The van der Waals surface area contributed by atoms with Crippen LogP contribution in [0.25, 0.3) is 0 Å². The minimum Gasteiger partial charge on any atom is -0.454 e. The van der Waals surface area contributed by atoms with Gasteiger partial charge in [0, 0.05) is 6.42 Å². The average Bonchev–Trinajstić information content (AvgIpc) is 3.17. The normalized spacial score (nSPS) is 12.1. The molecule has 0 aliphatic carbocycles. The number of nitrogens with one attached hydrogen (secondary N) is 2. The third-order valence-electron chi connectivity index (χ3n) is 3.28. The van der Waals surface area contributed by atoms with Crippen LogP contribution in [0, 0.1) is 0 Å². The molecule has 0 fully saturated rings. The first-order chi connectivity index (χ1) is 13.2. The van der Waals surface area contributed by atoms with Crippen LogP contribution >= 0.6 is 0 Å². The van der Waals surface area contributed by atoms with Gasteiger partial charge in [-0.05, 0) is 16.0 Å². The number of halogens is 3. The number of hydrogen-bond acceptors (Lipinski definition) is 7. The van der Waals surface area contributed by atoms with Crippen LogP contribution in [0.15, 0.2) is 36.7 Å². The number of amides is 3. The number of rotatable bonds is 7. The summed E-state index contributed by atoms with van der Waals surface area (Å²) in [5.41, 5.74) is 0.774. The molecule has 0 aliphatic heterocycles. The van der Waals surface area contributed by atoms with Gasteiger partial charge in [0.1, 0.15) is 12.9 Å². The molecule has 0 saturated heterocycles. The van der Waals surface area contributed by atoms with Crippen LogP contribution in [0.5, 0.6) is 0 Å². The summed E-state index contributed by atoms with van der Waals surface area (Å²) in [5, 5.41) is 13.6. The maximum atomic E-state index is 12.3. The van der Waals surface area contributed by atoms with Gasteiger partial charge in [-0.3, -0.25) is 10.1 Å². The largest absolute Gasteiger partial charge is 0.454 e. The predicted molar refractivity (Wildman–Crippen MR) is 85.6 cm³/mol. The van der Waals surface area contributed by atoms with Crippen molar-refractivity contribution in [3.63, 3.8) is 0 Å². The Kier molecular flexibility index (Phi) is 7.01. The van der Waals surface area contributed by atoms with Crippen LogP contribution in [0.2, 0.25) is 0 Å². The minimum absolute atomic E-state index is 0.165. The summed E-state index contributed by atoms with van der Waals surface area (Å²) in [4.78, 5) is 35.1. The molecule has 1 atom stereocenters. The van der Waals surface area contributed by atoms with E-state index < -0.39 is 43.3 Å². The third-order valence-corrected chi connectivity index (χ3v) is 3.28. The van der Waals surface area contributed by atoms with E-state index in [0.29, 0.717) is 0 Å². The van der Waals surface area contributed by atoms with Gasteiger partial charge in [-0.15, -0.1) is 5.10 Å². The summed E-state index contributed by atoms with van der Waals surface area (Å²) in [6.07, 6.45) is -3.26. The summed E-state index contributed by atoms with van der Waals surface area (Å²) in [6, 6.07) is 6.52. The second-order valence-electron chi connectivity index (χ2n) is 5.45. The highest BCUT2D eigenvalue weighted by molar-refractivity contribution is 5.95. The molecule has 0 spiro atoms. The molecule has 1 aromatic heterocycles. The zero-order valence-corrected chi connectivity index (χ0v) is 14.2. The van der Waals surface area contributed by atoms with E-state index in [-0.39, 0.29) is 6.42 Å². The molecule has 0 saturated carbocycles. The molecule has 150 valence electrons. The number of ether oxygens (including phenoxy) is 1. The minimum atomic E-state index is -4.62. The Hall–Kier alpha value is -3.51. The Labute approximate surface area is 156 Å². The summed E-state index contributed by atoms with van der Waals surface area (Å²) in [5.74, 6) is -1.95. The van der Waals surface area contributed by atoms with E-state index in [2.05, 4.69) is 15.5 Å². The third kappa shape index (κ3) is 7.01. The first-order valence-corrected chi connectivity index (χ1v) is 7.82. The number of nitrogens with zero attached hydrogens (tertiary/aromatic N) is 4. The number of hydrogen-bond donors (Lipinski definition) is 2. The van der Waals surface area contributed by atoms with Crippen molar-refractivity contribution in [3.8, 4) is 0 Å². The molecule has 1 aromatic carbocycles. The lowest BCUT2D eigenvalue weighted by atomic mass is 10.1. The maximum absolute atomic E-state index is 12.3. The van der Waals surface area contributed by atoms with Gasteiger partial charge in [0.05, 0.1) is 0 Å². The van der Waals surface area contributed by atoms with E-state index >= 15 is 0 Å². The number of alkyl halides is 3. The molecule has 2 N–H and O–H groups in total. The standard InChI is InChI=1S/C15H15F3N6O4/c16-15(17,18)8-19-14(27)21-12(25)7-28-13(26)11(24-9-20-22-23-24)6-10-4-2-1-3-5-10/h1-5,9,11H,6-8H2,(H2,19,21,25,27)/t11-/m0/s1. The molecular weight excluding hydrogens is 385 g/mol. The first-order valence-electron chi connectivity index (χ1n) is 7.82. The molecule has 0 aliphatic rings. The molecule has 2 aromatic rings. The Morgan fingerprint density at radius 3 is 2.50 bits per heavy atom.